The number of unbranched alkanes of at least 4 members (excludes halogenated alkanes) is 12. The second kappa shape index (κ2) is 19.9. The Hall–Kier alpha value is -0.420. The van der Waals surface area contributed by atoms with E-state index in [2.05, 4.69) is 11.4 Å². The Labute approximate surface area is 172 Å². The number of carbonyl (C=O) groups is 1. The van der Waals surface area contributed by atoms with Crippen LogP contribution in [-0.2, 0) is 23.1 Å². The highest BCUT2D eigenvalue weighted by atomic mass is 31.2. The molecule has 0 fully saturated rings. The van der Waals surface area contributed by atoms with Crippen molar-refractivity contribution in [3.05, 3.63) is 0 Å². The first-order valence-corrected chi connectivity index (χ1v) is 12.8. The van der Waals surface area contributed by atoms with E-state index in [-0.39, 0.29) is 25.8 Å². The molecule has 0 saturated heterocycles. The summed E-state index contributed by atoms with van der Waals surface area (Å²) >= 11 is 0. The fourth-order valence-electron chi connectivity index (χ4n) is 2.98. The minimum Gasteiger partial charge on any atom is -0.466 e. The van der Waals surface area contributed by atoms with Crippen molar-refractivity contribution in [3.8, 4) is 0 Å². The Balaban J connectivity index is 3.28. The second-order valence-electron chi connectivity index (χ2n) is 7.29. The van der Waals surface area contributed by atoms with Crippen LogP contribution in [0.15, 0.2) is 0 Å². The number of ether oxygens (including phenoxy) is 1. The van der Waals surface area contributed by atoms with Gasteiger partial charge < -0.3 is 9.63 Å². The minimum atomic E-state index is -3.94. The molecule has 0 bridgehead atoms. The Morgan fingerprint density at radius 1 is 0.714 bits per heavy atom. The van der Waals surface area contributed by atoms with Gasteiger partial charge in [0.25, 0.3) is 0 Å². The first-order chi connectivity index (χ1) is 13.5. The number of phosphoric ester groups is 1. The van der Waals surface area contributed by atoms with Crippen LogP contribution in [0.4, 0.5) is 0 Å². The van der Waals surface area contributed by atoms with E-state index in [1.165, 1.54) is 70.6 Å². The average molecular weight is 423 g/mol. The van der Waals surface area contributed by atoms with Crippen molar-refractivity contribution in [2.24, 2.45) is 0 Å². The van der Waals surface area contributed by atoms with Crippen LogP contribution in [0.2, 0.25) is 0 Å². The van der Waals surface area contributed by atoms with Gasteiger partial charge in [0.05, 0.1) is 19.8 Å². The zero-order valence-electron chi connectivity index (χ0n) is 18.2. The topological polar surface area (TPSA) is 82.1 Å². The van der Waals surface area contributed by atoms with Crippen LogP contribution in [0, 0.1) is 0 Å². The van der Waals surface area contributed by atoms with Crippen LogP contribution in [0.3, 0.4) is 0 Å². The van der Waals surface area contributed by atoms with Crippen molar-refractivity contribution in [3.63, 3.8) is 0 Å². The van der Waals surface area contributed by atoms with Crippen molar-refractivity contribution in [2.75, 3.05) is 19.8 Å². The minimum absolute atomic E-state index is 0.0276. The standard InChI is InChI=1S/C21H43O6P/c1-3-5-6-7-8-9-10-11-12-13-14-15-16-18-21(22)25-19-17-20-27-28(23,24)26-4-2/h3-20H2,1-2H3,(H,23,24). The normalized spacial score (nSPS) is 13.4. The predicted molar refractivity (Wildman–Crippen MR) is 113 cm³/mol. The smallest absolute Gasteiger partial charge is 0.466 e. The quantitative estimate of drug-likeness (QED) is 0.128. The van der Waals surface area contributed by atoms with Crippen molar-refractivity contribution in [2.45, 2.75) is 110 Å². The van der Waals surface area contributed by atoms with Crippen molar-refractivity contribution >= 4 is 13.8 Å². The van der Waals surface area contributed by atoms with E-state index in [9.17, 15) is 14.3 Å². The van der Waals surface area contributed by atoms with Gasteiger partial charge in [-0.25, -0.2) is 4.57 Å². The van der Waals surface area contributed by atoms with Crippen LogP contribution in [0.25, 0.3) is 0 Å². The molecule has 0 spiro atoms. The summed E-state index contributed by atoms with van der Waals surface area (Å²) in [6.45, 7) is 4.21. The molecule has 0 aliphatic rings. The van der Waals surface area contributed by atoms with E-state index in [4.69, 9.17) is 9.26 Å². The molecule has 0 aliphatic carbocycles. The van der Waals surface area contributed by atoms with Crippen molar-refractivity contribution in [1.29, 1.82) is 0 Å². The highest BCUT2D eigenvalue weighted by Gasteiger charge is 2.19. The van der Waals surface area contributed by atoms with Gasteiger partial charge in [-0.15, -0.1) is 0 Å². The summed E-state index contributed by atoms with van der Waals surface area (Å²) < 4.78 is 25.7. The fraction of sp³-hybridized carbons (Fsp3) is 0.952. The molecule has 0 amide bonds. The van der Waals surface area contributed by atoms with Crippen LogP contribution < -0.4 is 0 Å². The zero-order valence-corrected chi connectivity index (χ0v) is 19.1. The van der Waals surface area contributed by atoms with Crippen LogP contribution in [-0.4, -0.2) is 30.7 Å². The molecule has 1 unspecified atom stereocenters. The van der Waals surface area contributed by atoms with E-state index >= 15 is 0 Å². The number of hydrogen-bond donors (Lipinski definition) is 1. The van der Waals surface area contributed by atoms with E-state index in [0.29, 0.717) is 12.8 Å². The Morgan fingerprint density at radius 3 is 1.71 bits per heavy atom. The molecule has 1 atom stereocenters. The maximum absolute atomic E-state index is 11.6. The number of phosphoric acid groups is 1. The summed E-state index contributed by atoms with van der Waals surface area (Å²) in [6.07, 6.45) is 17.4. The molecule has 168 valence electrons. The van der Waals surface area contributed by atoms with E-state index < -0.39 is 7.82 Å². The summed E-state index contributed by atoms with van der Waals surface area (Å²) in [5, 5.41) is 0. The van der Waals surface area contributed by atoms with Gasteiger partial charge in [-0.05, 0) is 13.3 Å². The van der Waals surface area contributed by atoms with Gasteiger partial charge in [-0.3, -0.25) is 13.8 Å². The molecule has 1 N–H and O–H groups in total. The first-order valence-electron chi connectivity index (χ1n) is 11.3. The van der Waals surface area contributed by atoms with Gasteiger partial charge in [-0.2, -0.15) is 0 Å². The lowest BCUT2D eigenvalue weighted by Gasteiger charge is -2.10. The molecule has 0 aromatic carbocycles. The maximum atomic E-state index is 11.6. The van der Waals surface area contributed by atoms with Gasteiger partial charge >= 0.3 is 13.8 Å². The monoisotopic (exact) mass is 422 g/mol. The molecule has 0 aromatic rings. The highest BCUT2D eigenvalue weighted by Crippen LogP contribution is 2.42. The predicted octanol–water partition coefficient (Wildman–Crippen LogP) is 6.55. The van der Waals surface area contributed by atoms with E-state index in [1.807, 2.05) is 0 Å². The maximum Gasteiger partial charge on any atom is 0.472 e. The molecule has 28 heavy (non-hydrogen) atoms. The summed E-state index contributed by atoms with van der Waals surface area (Å²) in [7, 11) is -3.94. The van der Waals surface area contributed by atoms with Gasteiger partial charge in [0.1, 0.15) is 0 Å². The summed E-state index contributed by atoms with van der Waals surface area (Å²) in [5.74, 6) is -0.208. The molecule has 0 heterocycles. The first kappa shape index (κ1) is 27.6. The third-order valence-corrected chi connectivity index (χ3v) is 5.68. The third-order valence-electron chi connectivity index (χ3n) is 4.58. The Kier molecular flexibility index (Phi) is 19.6. The zero-order chi connectivity index (χ0) is 20.9. The van der Waals surface area contributed by atoms with E-state index in [0.717, 1.165) is 12.8 Å². The molecule has 0 rings (SSSR count). The third kappa shape index (κ3) is 20.3. The van der Waals surface area contributed by atoms with Crippen LogP contribution in [0.5, 0.6) is 0 Å². The summed E-state index contributed by atoms with van der Waals surface area (Å²) in [6, 6.07) is 0. The molecular formula is C21H43O6P. The molecule has 6 nitrogen and oxygen atoms in total. The average Bonchev–Trinajstić information content (AvgIpc) is 2.65. The van der Waals surface area contributed by atoms with Gasteiger partial charge in [0.2, 0.25) is 0 Å². The van der Waals surface area contributed by atoms with Gasteiger partial charge in [0.15, 0.2) is 0 Å². The molecule has 0 aromatic heterocycles. The Morgan fingerprint density at radius 2 is 1.21 bits per heavy atom. The van der Waals surface area contributed by atoms with E-state index in [1.54, 1.807) is 6.92 Å². The molecule has 0 radical (unpaired) electrons. The van der Waals surface area contributed by atoms with Crippen LogP contribution in [0.1, 0.15) is 110 Å². The molecule has 0 aliphatic heterocycles. The lowest BCUT2D eigenvalue weighted by molar-refractivity contribution is -0.144. The van der Waals surface area contributed by atoms with Crippen molar-refractivity contribution < 1.29 is 28.0 Å². The van der Waals surface area contributed by atoms with Crippen LogP contribution >= 0.6 is 7.82 Å². The molecule has 7 heteroatoms. The SMILES string of the molecule is CCCCCCCCCCCCCCCC(=O)OCCCOP(=O)(O)OCC. The van der Waals surface area contributed by atoms with Crippen molar-refractivity contribution in [1.82, 2.24) is 0 Å². The second-order valence-corrected chi connectivity index (χ2v) is 8.74. The lowest BCUT2D eigenvalue weighted by atomic mass is 10.0. The number of hydrogen-bond acceptors (Lipinski definition) is 5. The summed E-state index contributed by atoms with van der Waals surface area (Å²) in [5.41, 5.74) is 0. The lowest BCUT2D eigenvalue weighted by Crippen LogP contribution is -2.07. The largest absolute Gasteiger partial charge is 0.472 e. The van der Waals surface area contributed by atoms with Gasteiger partial charge in [-0.1, -0.05) is 84.0 Å². The highest BCUT2D eigenvalue weighted by molar-refractivity contribution is 7.47. The number of rotatable bonds is 21. The number of esters is 1. The number of carbonyl (C=O) groups excluding carboxylic acids is 1. The molecule has 0 saturated carbocycles. The molecular weight excluding hydrogens is 379 g/mol. The fourth-order valence-corrected chi connectivity index (χ4v) is 3.75. The summed E-state index contributed by atoms with van der Waals surface area (Å²) in [4.78, 5) is 20.8. The Bertz CT molecular complexity index is 402. The van der Waals surface area contributed by atoms with Gasteiger partial charge in [0, 0.05) is 12.8 Å².